The minimum atomic E-state index is -0.111. The van der Waals surface area contributed by atoms with Crippen LogP contribution >= 0.6 is 11.3 Å². The Morgan fingerprint density at radius 3 is 2.67 bits per heavy atom. The first-order chi connectivity index (χ1) is 8.47. The van der Waals surface area contributed by atoms with Crippen LogP contribution in [0.5, 0.6) is 0 Å². The van der Waals surface area contributed by atoms with Crippen molar-refractivity contribution < 1.29 is 0 Å². The Morgan fingerprint density at radius 2 is 2.06 bits per heavy atom. The van der Waals surface area contributed by atoms with Gasteiger partial charge in [0.05, 0.1) is 5.56 Å². The molecular weight excluding hydrogens is 248 g/mol. The van der Waals surface area contributed by atoms with Crippen LogP contribution in [0.1, 0.15) is 25.1 Å². The molecule has 0 aliphatic rings. The van der Waals surface area contributed by atoms with Gasteiger partial charge < -0.3 is 10.3 Å². The van der Waals surface area contributed by atoms with Gasteiger partial charge in [-0.05, 0) is 39.3 Å². The lowest BCUT2D eigenvalue weighted by Crippen LogP contribution is -2.11. The van der Waals surface area contributed by atoms with Crippen LogP contribution in [-0.4, -0.2) is 21.2 Å². The number of nitrogens with zero attached hydrogens (tertiary/aromatic N) is 2. The molecule has 0 aromatic carbocycles. The van der Waals surface area contributed by atoms with Gasteiger partial charge in [-0.1, -0.05) is 11.3 Å². The lowest BCUT2D eigenvalue weighted by atomic mass is 10.1. The number of hydrogen-bond donors (Lipinski definition) is 2. The van der Waals surface area contributed by atoms with Crippen molar-refractivity contribution in [2.45, 2.75) is 33.7 Å². The number of aromatic amines is 1. The van der Waals surface area contributed by atoms with Gasteiger partial charge in [-0.15, -0.1) is 10.2 Å². The largest absolute Gasteiger partial charge is 0.358 e. The van der Waals surface area contributed by atoms with Gasteiger partial charge >= 0.3 is 0 Å². The Bertz CT molecular complexity index is 615. The van der Waals surface area contributed by atoms with Crippen molar-refractivity contribution in [1.29, 1.82) is 0 Å². The van der Waals surface area contributed by atoms with Crippen LogP contribution in [0.4, 0.5) is 5.13 Å². The molecule has 6 heteroatoms. The third-order valence-electron chi connectivity index (χ3n) is 2.42. The zero-order valence-corrected chi connectivity index (χ0v) is 11.7. The van der Waals surface area contributed by atoms with Gasteiger partial charge in [0.2, 0.25) is 5.13 Å². The molecule has 18 heavy (non-hydrogen) atoms. The van der Waals surface area contributed by atoms with E-state index >= 15 is 0 Å². The topological polar surface area (TPSA) is 70.7 Å². The van der Waals surface area contributed by atoms with Gasteiger partial charge in [-0.25, -0.2) is 0 Å². The molecule has 0 fully saturated rings. The number of anilines is 1. The first kappa shape index (κ1) is 12.8. The van der Waals surface area contributed by atoms with E-state index in [0.29, 0.717) is 16.6 Å². The van der Waals surface area contributed by atoms with Crippen LogP contribution in [0, 0.1) is 13.8 Å². The first-order valence-electron chi connectivity index (χ1n) is 5.78. The number of hydrogen-bond acceptors (Lipinski definition) is 5. The summed E-state index contributed by atoms with van der Waals surface area (Å²) in [6, 6.07) is 2.23. The summed E-state index contributed by atoms with van der Waals surface area (Å²) < 4.78 is 0. The van der Waals surface area contributed by atoms with E-state index < -0.39 is 0 Å². The smallest absolute Gasteiger partial charge is 0.258 e. The summed E-state index contributed by atoms with van der Waals surface area (Å²) in [6.07, 6.45) is 0. The van der Waals surface area contributed by atoms with Crippen LogP contribution in [0.3, 0.4) is 0 Å². The summed E-state index contributed by atoms with van der Waals surface area (Å²) in [5.41, 5.74) is 2.27. The second kappa shape index (κ2) is 4.89. The molecule has 0 aliphatic carbocycles. The molecule has 0 spiro atoms. The van der Waals surface area contributed by atoms with E-state index in [0.717, 1.165) is 16.4 Å². The molecule has 0 atom stereocenters. The highest BCUT2D eigenvalue weighted by Crippen LogP contribution is 2.26. The van der Waals surface area contributed by atoms with Crippen molar-refractivity contribution in [3.63, 3.8) is 0 Å². The van der Waals surface area contributed by atoms with Crippen molar-refractivity contribution in [3.05, 3.63) is 27.7 Å². The van der Waals surface area contributed by atoms with Gasteiger partial charge in [0.15, 0.2) is 5.01 Å². The Morgan fingerprint density at radius 1 is 1.33 bits per heavy atom. The van der Waals surface area contributed by atoms with E-state index in [1.165, 1.54) is 11.3 Å². The fourth-order valence-corrected chi connectivity index (χ4v) is 2.75. The fourth-order valence-electron chi connectivity index (χ4n) is 1.75. The lowest BCUT2D eigenvalue weighted by molar-refractivity contribution is 0.888. The molecule has 2 heterocycles. The molecular formula is C12H16N4OS. The SMILES string of the molecule is Cc1cc(C)c(-c2nnc(NC(C)C)s2)c(=O)[nH]1. The van der Waals surface area contributed by atoms with Crippen LogP contribution < -0.4 is 10.9 Å². The second-order valence-electron chi connectivity index (χ2n) is 4.55. The van der Waals surface area contributed by atoms with Crippen LogP contribution in [0.25, 0.3) is 10.6 Å². The number of pyridine rings is 1. The van der Waals surface area contributed by atoms with E-state index in [1.807, 2.05) is 33.8 Å². The second-order valence-corrected chi connectivity index (χ2v) is 5.53. The van der Waals surface area contributed by atoms with Crippen molar-refractivity contribution in [3.8, 4) is 10.6 Å². The highest BCUT2D eigenvalue weighted by Gasteiger charge is 2.13. The van der Waals surface area contributed by atoms with Crippen molar-refractivity contribution in [2.75, 3.05) is 5.32 Å². The Kier molecular flexibility index (Phi) is 3.47. The summed E-state index contributed by atoms with van der Waals surface area (Å²) >= 11 is 1.40. The van der Waals surface area contributed by atoms with Gasteiger partial charge in [0.25, 0.3) is 5.56 Å². The molecule has 5 nitrogen and oxygen atoms in total. The molecule has 0 bridgehead atoms. The molecule has 2 rings (SSSR count). The Labute approximate surface area is 109 Å². The monoisotopic (exact) mass is 264 g/mol. The lowest BCUT2D eigenvalue weighted by Gasteiger charge is -2.03. The molecule has 0 radical (unpaired) electrons. The minimum absolute atomic E-state index is 0.111. The molecule has 0 unspecified atom stereocenters. The maximum atomic E-state index is 12.0. The quantitative estimate of drug-likeness (QED) is 0.892. The van der Waals surface area contributed by atoms with Crippen molar-refractivity contribution >= 4 is 16.5 Å². The van der Waals surface area contributed by atoms with E-state index in [-0.39, 0.29) is 5.56 Å². The van der Waals surface area contributed by atoms with E-state index in [2.05, 4.69) is 20.5 Å². The molecule has 0 saturated carbocycles. The predicted molar refractivity (Wildman–Crippen MR) is 74.2 cm³/mol. The standard InChI is InChI=1S/C12H16N4OS/c1-6(2)13-12-16-15-11(18-12)9-7(3)5-8(4)14-10(9)17/h5-6H,1-4H3,(H,13,16)(H,14,17). The molecule has 2 N–H and O–H groups in total. The van der Waals surface area contributed by atoms with Crippen LogP contribution in [0.15, 0.2) is 10.9 Å². The maximum Gasteiger partial charge on any atom is 0.258 e. The Hall–Kier alpha value is -1.69. The van der Waals surface area contributed by atoms with Crippen molar-refractivity contribution in [2.24, 2.45) is 0 Å². The molecule has 0 saturated heterocycles. The maximum absolute atomic E-state index is 12.0. The zero-order chi connectivity index (χ0) is 13.3. The zero-order valence-electron chi connectivity index (χ0n) is 10.9. The fraction of sp³-hybridized carbons (Fsp3) is 0.417. The van der Waals surface area contributed by atoms with E-state index in [4.69, 9.17) is 0 Å². The first-order valence-corrected chi connectivity index (χ1v) is 6.60. The highest BCUT2D eigenvalue weighted by molar-refractivity contribution is 7.18. The summed E-state index contributed by atoms with van der Waals surface area (Å²) in [4.78, 5) is 14.7. The minimum Gasteiger partial charge on any atom is -0.358 e. The highest BCUT2D eigenvalue weighted by atomic mass is 32.1. The molecule has 2 aromatic heterocycles. The van der Waals surface area contributed by atoms with Gasteiger partial charge in [-0.2, -0.15) is 0 Å². The van der Waals surface area contributed by atoms with Gasteiger partial charge in [-0.3, -0.25) is 4.79 Å². The number of H-pyrrole nitrogens is 1. The number of aromatic nitrogens is 3. The molecule has 0 amide bonds. The number of aryl methyl sites for hydroxylation is 2. The molecule has 96 valence electrons. The Balaban J connectivity index is 2.43. The summed E-state index contributed by atoms with van der Waals surface area (Å²) in [7, 11) is 0. The van der Waals surface area contributed by atoms with Crippen molar-refractivity contribution in [1.82, 2.24) is 15.2 Å². The van der Waals surface area contributed by atoms with Gasteiger partial charge in [0, 0.05) is 11.7 Å². The molecule has 2 aromatic rings. The van der Waals surface area contributed by atoms with E-state index in [9.17, 15) is 4.79 Å². The third kappa shape index (κ3) is 2.59. The summed E-state index contributed by atoms with van der Waals surface area (Å²) in [5.74, 6) is 0. The normalized spacial score (nSPS) is 10.9. The molecule has 0 aliphatic heterocycles. The van der Waals surface area contributed by atoms with Crippen LogP contribution in [0.2, 0.25) is 0 Å². The average molecular weight is 264 g/mol. The third-order valence-corrected chi connectivity index (χ3v) is 3.29. The number of rotatable bonds is 3. The summed E-state index contributed by atoms with van der Waals surface area (Å²) in [5, 5.41) is 12.7. The number of nitrogens with one attached hydrogen (secondary N) is 2. The predicted octanol–water partition coefficient (Wildman–Crippen LogP) is 2.33. The van der Waals surface area contributed by atoms with Gasteiger partial charge in [0.1, 0.15) is 0 Å². The average Bonchev–Trinajstić information content (AvgIpc) is 2.63. The summed E-state index contributed by atoms with van der Waals surface area (Å²) in [6.45, 7) is 7.84. The van der Waals surface area contributed by atoms with Crippen LogP contribution in [-0.2, 0) is 0 Å². The van der Waals surface area contributed by atoms with E-state index in [1.54, 1.807) is 0 Å².